The fraction of sp³-hybridized carbons (Fsp3) is 0.385. The first-order chi connectivity index (χ1) is 9.02. The molecule has 2 rings (SSSR count). The third kappa shape index (κ3) is 3.01. The SMILES string of the molecule is CC(C)Cn1c(CN)nnc1-c1ccc(Br)cc1F. The Morgan fingerprint density at radius 1 is 1.37 bits per heavy atom. The number of nitrogens with zero attached hydrogens (tertiary/aromatic N) is 3. The Morgan fingerprint density at radius 2 is 2.11 bits per heavy atom. The smallest absolute Gasteiger partial charge is 0.166 e. The molecule has 6 heteroatoms. The first-order valence-corrected chi connectivity index (χ1v) is 6.89. The summed E-state index contributed by atoms with van der Waals surface area (Å²) < 4.78 is 16.6. The highest BCUT2D eigenvalue weighted by molar-refractivity contribution is 9.10. The van der Waals surface area contributed by atoms with Gasteiger partial charge in [0.1, 0.15) is 11.6 Å². The lowest BCUT2D eigenvalue weighted by molar-refractivity contribution is 0.509. The van der Waals surface area contributed by atoms with Crippen molar-refractivity contribution in [1.82, 2.24) is 14.8 Å². The molecule has 0 fully saturated rings. The quantitative estimate of drug-likeness (QED) is 0.939. The van der Waals surface area contributed by atoms with E-state index in [4.69, 9.17) is 5.73 Å². The maximum atomic E-state index is 14.0. The van der Waals surface area contributed by atoms with Gasteiger partial charge in [-0.2, -0.15) is 0 Å². The van der Waals surface area contributed by atoms with Gasteiger partial charge in [0.2, 0.25) is 0 Å². The molecule has 0 atom stereocenters. The first-order valence-electron chi connectivity index (χ1n) is 6.10. The summed E-state index contributed by atoms with van der Waals surface area (Å²) in [6.07, 6.45) is 0. The van der Waals surface area contributed by atoms with Crippen LogP contribution in [0.25, 0.3) is 11.4 Å². The molecule has 0 spiro atoms. The summed E-state index contributed by atoms with van der Waals surface area (Å²) in [5.74, 6) is 1.28. The lowest BCUT2D eigenvalue weighted by Gasteiger charge is -2.12. The van der Waals surface area contributed by atoms with Crippen LogP contribution in [0.15, 0.2) is 22.7 Å². The second-order valence-electron chi connectivity index (χ2n) is 4.77. The van der Waals surface area contributed by atoms with Gasteiger partial charge in [-0.15, -0.1) is 10.2 Å². The number of nitrogens with two attached hydrogens (primary N) is 1. The first kappa shape index (κ1) is 14.1. The van der Waals surface area contributed by atoms with Crippen molar-refractivity contribution in [3.63, 3.8) is 0 Å². The molecule has 0 radical (unpaired) electrons. The van der Waals surface area contributed by atoms with Crippen molar-refractivity contribution in [2.45, 2.75) is 26.9 Å². The molecule has 1 aromatic heterocycles. The molecule has 1 aromatic carbocycles. The summed E-state index contributed by atoms with van der Waals surface area (Å²) >= 11 is 3.24. The normalized spacial score (nSPS) is 11.3. The van der Waals surface area contributed by atoms with Crippen molar-refractivity contribution in [2.75, 3.05) is 0 Å². The Balaban J connectivity index is 2.52. The topological polar surface area (TPSA) is 56.7 Å². The Hall–Kier alpha value is -1.27. The van der Waals surface area contributed by atoms with Gasteiger partial charge in [-0.3, -0.25) is 0 Å². The molecule has 2 aromatic rings. The average Bonchev–Trinajstić information content (AvgIpc) is 2.71. The lowest BCUT2D eigenvalue weighted by Crippen LogP contribution is -2.13. The Bertz CT molecular complexity index is 580. The Morgan fingerprint density at radius 3 is 2.68 bits per heavy atom. The van der Waals surface area contributed by atoms with Crippen LogP contribution in [-0.4, -0.2) is 14.8 Å². The van der Waals surface area contributed by atoms with E-state index < -0.39 is 0 Å². The lowest BCUT2D eigenvalue weighted by atomic mass is 10.1. The second-order valence-corrected chi connectivity index (χ2v) is 5.69. The molecule has 0 amide bonds. The monoisotopic (exact) mass is 326 g/mol. The average molecular weight is 327 g/mol. The third-order valence-electron chi connectivity index (χ3n) is 2.73. The van der Waals surface area contributed by atoms with E-state index in [0.717, 1.165) is 0 Å². The molecule has 2 N–H and O–H groups in total. The highest BCUT2D eigenvalue weighted by Gasteiger charge is 2.17. The zero-order valence-electron chi connectivity index (χ0n) is 10.9. The molecule has 19 heavy (non-hydrogen) atoms. The van der Waals surface area contributed by atoms with Crippen LogP contribution in [0.5, 0.6) is 0 Å². The molecule has 0 saturated carbocycles. The van der Waals surface area contributed by atoms with Crippen LogP contribution in [0.3, 0.4) is 0 Å². The number of aromatic nitrogens is 3. The molecule has 0 bridgehead atoms. The predicted molar refractivity (Wildman–Crippen MR) is 75.8 cm³/mol. The molecular formula is C13H16BrFN4. The van der Waals surface area contributed by atoms with E-state index in [1.807, 2.05) is 4.57 Å². The molecule has 4 nitrogen and oxygen atoms in total. The van der Waals surface area contributed by atoms with E-state index >= 15 is 0 Å². The standard InChI is InChI=1S/C13H16BrFN4/c1-8(2)7-19-12(6-16)17-18-13(19)10-4-3-9(14)5-11(10)15/h3-5,8H,6-7,16H2,1-2H3. The fourth-order valence-corrected chi connectivity index (χ4v) is 2.25. The summed E-state index contributed by atoms with van der Waals surface area (Å²) in [4.78, 5) is 0. The van der Waals surface area contributed by atoms with E-state index in [1.165, 1.54) is 6.07 Å². The van der Waals surface area contributed by atoms with E-state index in [1.54, 1.807) is 12.1 Å². The van der Waals surface area contributed by atoms with Crippen LogP contribution >= 0.6 is 15.9 Å². The number of halogens is 2. The van der Waals surface area contributed by atoms with Gasteiger partial charge in [-0.25, -0.2) is 4.39 Å². The van der Waals surface area contributed by atoms with Crippen molar-refractivity contribution < 1.29 is 4.39 Å². The van der Waals surface area contributed by atoms with Gasteiger partial charge >= 0.3 is 0 Å². The zero-order chi connectivity index (χ0) is 14.0. The Kier molecular flexibility index (Phi) is 4.31. The van der Waals surface area contributed by atoms with Crippen LogP contribution < -0.4 is 5.73 Å². The van der Waals surface area contributed by atoms with Crippen LogP contribution in [0, 0.1) is 11.7 Å². The number of hydrogen-bond acceptors (Lipinski definition) is 3. The van der Waals surface area contributed by atoms with Crippen molar-refractivity contribution in [2.24, 2.45) is 11.7 Å². The number of benzene rings is 1. The van der Waals surface area contributed by atoms with Gasteiger partial charge in [-0.1, -0.05) is 29.8 Å². The van der Waals surface area contributed by atoms with Crippen molar-refractivity contribution in [1.29, 1.82) is 0 Å². The van der Waals surface area contributed by atoms with E-state index in [-0.39, 0.29) is 12.4 Å². The van der Waals surface area contributed by atoms with Crippen molar-refractivity contribution >= 4 is 15.9 Å². The summed E-state index contributed by atoms with van der Waals surface area (Å²) in [5, 5.41) is 8.12. The molecule has 1 heterocycles. The highest BCUT2D eigenvalue weighted by atomic mass is 79.9. The van der Waals surface area contributed by atoms with E-state index in [0.29, 0.717) is 34.1 Å². The summed E-state index contributed by atoms with van der Waals surface area (Å²) in [7, 11) is 0. The van der Waals surface area contributed by atoms with Crippen molar-refractivity contribution in [3.8, 4) is 11.4 Å². The maximum absolute atomic E-state index is 14.0. The van der Waals surface area contributed by atoms with E-state index in [2.05, 4.69) is 40.0 Å². The second kappa shape index (κ2) is 5.79. The fourth-order valence-electron chi connectivity index (χ4n) is 1.91. The van der Waals surface area contributed by atoms with Crippen LogP contribution in [0.4, 0.5) is 4.39 Å². The molecule has 0 aliphatic rings. The minimum Gasteiger partial charge on any atom is -0.324 e. The molecular weight excluding hydrogens is 311 g/mol. The molecule has 0 aliphatic heterocycles. The van der Waals surface area contributed by atoms with Gasteiger partial charge < -0.3 is 10.3 Å². The van der Waals surface area contributed by atoms with Crippen LogP contribution in [0.2, 0.25) is 0 Å². The minimum atomic E-state index is -0.324. The molecule has 0 unspecified atom stereocenters. The minimum absolute atomic E-state index is 0.290. The summed E-state index contributed by atoms with van der Waals surface area (Å²) in [6, 6.07) is 4.90. The Labute approximate surface area is 120 Å². The molecule has 0 aliphatic carbocycles. The third-order valence-corrected chi connectivity index (χ3v) is 3.22. The van der Waals surface area contributed by atoms with Gasteiger partial charge in [0.05, 0.1) is 12.1 Å². The van der Waals surface area contributed by atoms with Crippen LogP contribution in [0.1, 0.15) is 19.7 Å². The maximum Gasteiger partial charge on any atom is 0.166 e. The van der Waals surface area contributed by atoms with Gasteiger partial charge in [0.25, 0.3) is 0 Å². The van der Waals surface area contributed by atoms with Gasteiger partial charge in [0.15, 0.2) is 5.82 Å². The number of rotatable bonds is 4. The zero-order valence-corrected chi connectivity index (χ0v) is 12.5. The number of hydrogen-bond donors (Lipinski definition) is 1. The summed E-state index contributed by atoms with van der Waals surface area (Å²) in [5.41, 5.74) is 6.10. The molecule has 0 saturated heterocycles. The van der Waals surface area contributed by atoms with Gasteiger partial charge in [0, 0.05) is 11.0 Å². The van der Waals surface area contributed by atoms with Crippen LogP contribution in [-0.2, 0) is 13.1 Å². The van der Waals surface area contributed by atoms with Gasteiger partial charge in [-0.05, 0) is 24.1 Å². The summed E-state index contributed by atoms with van der Waals surface area (Å²) in [6.45, 7) is 5.17. The van der Waals surface area contributed by atoms with E-state index in [9.17, 15) is 4.39 Å². The largest absolute Gasteiger partial charge is 0.324 e. The highest BCUT2D eigenvalue weighted by Crippen LogP contribution is 2.25. The van der Waals surface area contributed by atoms with Crippen molar-refractivity contribution in [3.05, 3.63) is 34.3 Å². The predicted octanol–water partition coefficient (Wildman–Crippen LogP) is 2.96. The molecule has 102 valence electrons.